The van der Waals surface area contributed by atoms with Crippen molar-refractivity contribution in [2.24, 2.45) is 0 Å². The number of nitrogens with zero attached hydrogens (tertiary/aromatic N) is 1. The summed E-state index contributed by atoms with van der Waals surface area (Å²) in [5, 5.41) is 0. The van der Waals surface area contributed by atoms with Crippen LogP contribution in [0.5, 0.6) is 5.75 Å². The summed E-state index contributed by atoms with van der Waals surface area (Å²) in [5.74, 6) is 1.18. The van der Waals surface area contributed by atoms with Crippen molar-refractivity contribution in [3.8, 4) is 5.75 Å². The molecule has 1 saturated heterocycles. The molecule has 1 atom stereocenters. The molecule has 27 heavy (non-hydrogen) atoms. The molecule has 0 unspecified atom stereocenters. The summed E-state index contributed by atoms with van der Waals surface area (Å²) in [6, 6.07) is 10.1. The molecule has 0 bridgehead atoms. The van der Waals surface area contributed by atoms with Gasteiger partial charge in [0, 0.05) is 11.6 Å². The minimum Gasteiger partial charge on any atom is -0.494 e. The molecule has 2 heterocycles. The van der Waals surface area contributed by atoms with Gasteiger partial charge in [-0.3, -0.25) is 4.79 Å². The van der Waals surface area contributed by atoms with Crippen LogP contribution in [-0.2, 0) is 16.4 Å². The van der Waals surface area contributed by atoms with Gasteiger partial charge in [-0.15, -0.1) is 0 Å². The van der Waals surface area contributed by atoms with Gasteiger partial charge in [0.2, 0.25) is 0 Å². The fraction of sp³-hybridized carbons (Fsp3) is 0.421. The number of carbonyl (C=O) groups excluding carboxylic acids is 1. The van der Waals surface area contributed by atoms with E-state index in [2.05, 4.69) is 15.9 Å². The second-order valence-corrected chi connectivity index (χ2v) is 9.58. The van der Waals surface area contributed by atoms with Gasteiger partial charge in [-0.25, -0.2) is 8.42 Å². The Hall–Kier alpha value is -1.80. The Balaban J connectivity index is 1.81. The highest BCUT2D eigenvalue weighted by Crippen LogP contribution is 2.25. The highest BCUT2D eigenvalue weighted by atomic mass is 79.9. The summed E-state index contributed by atoms with van der Waals surface area (Å²) in [6.45, 7) is 2.86. The highest BCUT2D eigenvalue weighted by Gasteiger charge is 2.35. The molecule has 0 radical (unpaired) electrons. The Bertz CT molecular complexity index is 891. The maximum absolute atomic E-state index is 13.1. The fourth-order valence-corrected chi connectivity index (χ4v) is 5.14. The lowest BCUT2D eigenvalue weighted by molar-refractivity contribution is 0.0665. The van der Waals surface area contributed by atoms with E-state index in [1.165, 1.54) is 0 Å². The number of hydrogen-bond donors (Lipinski definition) is 0. The molecule has 1 fully saturated rings. The molecule has 3 rings (SSSR count). The van der Waals surface area contributed by atoms with Crippen molar-refractivity contribution in [1.82, 2.24) is 4.90 Å². The van der Waals surface area contributed by atoms with Crippen molar-refractivity contribution in [3.63, 3.8) is 0 Å². The summed E-state index contributed by atoms with van der Waals surface area (Å²) in [7, 11) is -3.11. The minimum absolute atomic E-state index is 0.0156. The van der Waals surface area contributed by atoms with Gasteiger partial charge in [0.15, 0.2) is 14.5 Å². The second kappa shape index (κ2) is 8.48. The molecular formula is C19H22BrNO5S. The van der Waals surface area contributed by atoms with Crippen LogP contribution in [0.25, 0.3) is 0 Å². The van der Waals surface area contributed by atoms with Crippen molar-refractivity contribution in [2.75, 3.05) is 18.1 Å². The zero-order chi connectivity index (χ0) is 19.4. The van der Waals surface area contributed by atoms with Crippen LogP contribution in [0.3, 0.4) is 0 Å². The number of furan rings is 1. The van der Waals surface area contributed by atoms with E-state index in [0.29, 0.717) is 34.8 Å². The average molecular weight is 456 g/mol. The lowest BCUT2D eigenvalue weighted by Crippen LogP contribution is -2.40. The lowest BCUT2D eigenvalue weighted by atomic mass is 10.1. The van der Waals surface area contributed by atoms with Crippen LogP contribution in [0.2, 0.25) is 0 Å². The Morgan fingerprint density at radius 1 is 1.26 bits per heavy atom. The number of benzene rings is 1. The van der Waals surface area contributed by atoms with E-state index in [1.807, 2.05) is 6.92 Å². The summed E-state index contributed by atoms with van der Waals surface area (Å²) in [5.41, 5.74) is 0.494. The Kier molecular flexibility index (Phi) is 6.26. The Morgan fingerprint density at radius 2 is 2.00 bits per heavy atom. The molecule has 2 aromatic rings. The number of sulfone groups is 1. The number of amides is 1. The molecule has 1 aromatic heterocycles. The molecular weight excluding hydrogens is 434 g/mol. The first-order chi connectivity index (χ1) is 12.9. The lowest BCUT2D eigenvalue weighted by Gasteiger charge is -2.27. The molecule has 1 aliphatic heterocycles. The van der Waals surface area contributed by atoms with Crippen molar-refractivity contribution < 1.29 is 22.4 Å². The van der Waals surface area contributed by atoms with Crippen LogP contribution in [0, 0.1) is 0 Å². The minimum atomic E-state index is -3.11. The quantitative estimate of drug-likeness (QED) is 0.636. The van der Waals surface area contributed by atoms with Crippen molar-refractivity contribution in [2.45, 2.75) is 32.4 Å². The van der Waals surface area contributed by atoms with Crippen molar-refractivity contribution in [1.29, 1.82) is 0 Å². The van der Waals surface area contributed by atoms with E-state index in [9.17, 15) is 13.2 Å². The smallest absolute Gasteiger partial charge is 0.254 e. The third-order valence-electron chi connectivity index (χ3n) is 4.44. The van der Waals surface area contributed by atoms with E-state index >= 15 is 0 Å². The van der Waals surface area contributed by atoms with Crippen LogP contribution >= 0.6 is 15.9 Å². The molecule has 0 N–H and O–H groups in total. The molecule has 0 aliphatic carbocycles. The third-order valence-corrected chi connectivity index (χ3v) is 6.62. The zero-order valence-corrected chi connectivity index (χ0v) is 17.5. The number of carbonyl (C=O) groups is 1. The third kappa shape index (κ3) is 5.13. The van der Waals surface area contributed by atoms with Crippen LogP contribution in [-0.4, -0.2) is 43.4 Å². The van der Waals surface area contributed by atoms with Crippen LogP contribution < -0.4 is 4.74 Å². The van der Waals surface area contributed by atoms with Crippen molar-refractivity contribution in [3.05, 3.63) is 52.4 Å². The first-order valence-electron chi connectivity index (χ1n) is 8.86. The van der Waals surface area contributed by atoms with E-state index in [1.54, 1.807) is 41.3 Å². The van der Waals surface area contributed by atoms with Gasteiger partial charge < -0.3 is 14.1 Å². The van der Waals surface area contributed by atoms with E-state index < -0.39 is 9.84 Å². The zero-order valence-electron chi connectivity index (χ0n) is 15.1. The molecule has 8 heteroatoms. The molecule has 1 aliphatic rings. The largest absolute Gasteiger partial charge is 0.494 e. The SMILES string of the molecule is CCCOc1ccc(C(=O)N(Cc2ccc(Br)o2)[C@@H]2CCS(=O)(=O)C2)cc1. The maximum atomic E-state index is 13.1. The summed E-state index contributed by atoms with van der Waals surface area (Å²) in [4.78, 5) is 14.7. The first kappa shape index (κ1) is 19.9. The summed E-state index contributed by atoms with van der Waals surface area (Å²) >= 11 is 3.25. The number of halogens is 1. The molecule has 0 spiro atoms. The number of hydrogen-bond acceptors (Lipinski definition) is 5. The Labute approximate surface area is 167 Å². The molecule has 146 valence electrons. The van der Waals surface area contributed by atoms with Gasteiger partial charge in [-0.1, -0.05) is 6.92 Å². The molecule has 6 nitrogen and oxygen atoms in total. The number of ether oxygens (including phenoxy) is 1. The van der Waals surface area contributed by atoms with E-state index in [0.717, 1.165) is 6.42 Å². The summed E-state index contributed by atoms with van der Waals surface area (Å²) in [6.07, 6.45) is 1.34. The number of rotatable bonds is 7. The molecule has 1 aromatic carbocycles. The predicted octanol–water partition coefficient (Wildman–Crippen LogP) is 3.66. The molecule has 1 amide bonds. The Morgan fingerprint density at radius 3 is 2.56 bits per heavy atom. The topological polar surface area (TPSA) is 76.8 Å². The first-order valence-corrected chi connectivity index (χ1v) is 11.5. The van der Waals surface area contributed by atoms with Gasteiger partial charge in [0.05, 0.1) is 24.7 Å². The van der Waals surface area contributed by atoms with Gasteiger partial charge in [0.25, 0.3) is 5.91 Å². The van der Waals surface area contributed by atoms with Gasteiger partial charge >= 0.3 is 0 Å². The van der Waals surface area contributed by atoms with E-state index in [4.69, 9.17) is 9.15 Å². The standard InChI is InChI=1S/C19H22BrNO5S/c1-2-10-25-16-5-3-14(4-6-16)19(22)21(12-17-7-8-18(20)26-17)15-9-11-27(23,24)13-15/h3-8,15H,2,9-13H2,1H3/t15-/m1/s1. The second-order valence-electron chi connectivity index (χ2n) is 6.57. The van der Waals surface area contributed by atoms with Gasteiger partial charge in [0.1, 0.15) is 11.5 Å². The van der Waals surface area contributed by atoms with Crippen LogP contribution in [0.15, 0.2) is 45.5 Å². The van der Waals surface area contributed by atoms with Crippen molar-refractivity contribution >= 4 is 31.7 Å². The monoisotopic (exact) mass is 455 g/mol. The van der Waals surface area contributed by atoms with E-state index in [-0.39, 0.29) is 30.0 Å². The van der Waals surface area contributed by atoms with Crippen LogP contribution in [0.1, 0.15) is 35.9 Å². The summed E-state index contributed by atoms with van der Waals surface area (Å²) < 4.78 is 35.5. The normalized spacial score (nSPS) is 18.4. The maximum Gasteiger partial charge on any atom is 0.254 e. The average Bonchev–Trinajstić information content (AvgIpc) is 3.22. The highest BCUT2D eigenvalue weighted by molar-refractivity contribution is 9.10. The molecule has 0 saturated carbocycles. The van der Waals surface area contributed by atoms with Crippen LogP contribution in [0.4, 0.5) is 0 Å². The van der Waals surface area contributed by atoms with Gasteiger partial charge in [-0.05, 0) is 65.2 Å². The van der Waals surface area contributed by atoms with Gasteiger partial charge in [-0.2, -0.15) is 0 Å². The predicted molar refractivity (Wildman–Crippen MR) is 106 cm³/mol. The fourth-order valence-electron chi connectivity index (χ4n) is 3.07.